The fourth-order valence-corrected chi connectivity index (χ4v) is 1.17. The third-order valence-corrected chi connectivity index (χ3v) is 2.06. The van der Waals surface area contributed by atoms with E-state index in [4.69, 9.17) is 9.84 Å². The minimum atomic E-state index is -1.15. The molecule has 0 fully saturated rings. The van der Waals surface area contributed by atoms with Gasteiger partial charge in [0.05, 0.1) is 6.10 Å². The molecule has 2 atom stereocenters. The zero-order chi connectivity index (χ0) is 11.1. The summed E-state index contributed by atoms with van der Waals surface area (Å²) in [7, 11) is 0. The maximum atomic E-state index is 10.9. The lowest BCUT2D eigenvalue weighted by atomic mass is 10.0. The Morgan fingerprint density at radius 3 is 2.36 bits per heavy atom. The zero-order valence-electron chi connectivity index (χ0n) is 8.95. The average molecular weight is 202 g/mol. The highest BCUT2D eigenvalue weighted by atomic mass is 16.5. The van der Waals surface area contributed by atoms with Crippen molar-refractivity contribution >= 4 is 11.9 Å². The molecular weight excluding hydrogens is 184 g/mol. The van der Waals surface area contributed by atoms with E-state index in [1.807, 2.05) is 0 Å². The summed E-state index contributed by atoms with van der Waals surface area (Å²) < 4.78 is 4.91. The van der Waals surface area contributed by atoms with Gasteiger partial charge in [-0.2, -0.15) is 0 Å². The molecule has 0 spiro atoms. The van der Waals surface area contributed by atoms with Crippen molar-refractivity contribution in [3.05, 3.63) is 0 Å². The number of carboxylic acids is 1. The van der Waals surface area contributed by atoms with Crippen LogP contribution in [0.2, 0.25) is 0 Å². The SMILES string of the molecule is CCC(C)CC(C)OC(=O)CC(=O)O. The average Bonchev–Trinajstić information content (AvgIpc) is 2.01. The monoisotopic (exact) mass is 202 g/mol. The lowest BCUT2D eigenvalue weighted by Crippen LogP contribution is -2.19. The first kappa shape index (κ1) is 12.9. The minimum Gasteiger partial charge on any atom is -0.481 e. The Bertz CT molecular complexity index is 200. The highest BCUT2D eigenvalue weighted by Gasteiger charge is 2.14. The van der Waals surface area contributed by atoms with Crippen LogP contribution in [0.25, 0.3) is 0 Å². The standard InChI is InChI=1S/C10H18O4/c1-4-7(2)5-8(3)14-10(13)6-9(11)12/h7-8H,4-6H2,1-3H3,(H,11,12). The van der Waals surface area contributed by atoms with E-state index in [9.17, 15) is 9.59 Å². The van der Waals surface area contributed by atoms with Gasteiger partial charge in [0, 0.05) is 0 Å². The van der Waals surface area contributed by atoms with Crippen LogP contribution in [0.5, 0.6) is 0 Å². The van der Waals surface area contributed by atoms with E-state index in [-0.39, 0.29) is 6.10 Å². The molecule has 0 saturated carbocycles. The third kappa shape index (κ3) is 6.46. The van der Waals surface area contributed by atoms with Gasteiger partial charge in [-0.1, -0.05) is 20.3 Å². The van der Waals surface area contributed by atoms with Gasteiger partial charge in [-0.15, -0.1) is 0 Å². The number of carbonyl (C=O) groups is 2. The number of esters is 1. The molecule has 0 aromatic rings. The molecule has 0 saturated heterocycles. The van der Waals surface area contributed by atoms with E-state index < -0.39 is 18.4 Å². The lowest BCUT2D eigenvalue weighted by molar-refractivity contribution is -0.154. The second kappa shape index (κ2) is 6.40. The van der Waals surface area contributed by atoms with Crippen LogP contribution in [0.1, 0.15) is 40.0 Å². The van der Waals surface area contributed by atoms with Crippen LogP contribution >= 0.6 is 0 Å². The molecular formula is C10H18O4. The second-order valence-corrected chi connectivity index (χ2v) is 3.62. The molecule has 0 bridgehead atoms. The summed E-state index contributed by atoms with van der Waals surface area (Å²) in [6.07, 6.45) is 1.06. The topological polar surface area (TPSA) is 63.6 Å². The van der Waals surface area contributed by atoms with Crippen molar-refractivity contribution < 1.29 is 19.4 Å². The first-order valence-electron chi connectivity index (χ1n) is 4.87. The van der Waals surface area contributed by atoms with Gasteiger partial charge >= 0.3 is 11.9 Å². The summed E-state index contributed by atoms with van der Waals surface area (Å²) in [5.74, 6) is -1.32. The van der Waals surface area contributed by atoms with Gasteiger partial charge in [0.2, 0.25) is 0 Å². The Kier molecular flexibility index (Phi) is 5.92. The Hall–Kier alpha value is -1.06. The maximum absolute atomic E-state index is 10.9. The molecule has 0 aromatic carbocycles. The summed E-state index contributed by atoms with van der Waals surface area (Å²) in [5, 5.41) is 8.32. The predicted octanol–water partition coefficient (Wildman–Crippen LogP) is 1.83. The fraction of sp³-hybridized carbons (Fsp3) is 0.800. The van der Waals surface area contributed by atoms with E-state index in [2.05, 4.69) is 13.8 Å². The van der Waals surface area contributed by atoms with Crippen LogP contribution in [0.4, 0.5) is 0 Å². The van der Waals surface area contributed by atoms with E-state index >= 15 is 0 Å². The number of rotatable bonds is 6. The lowest BCUT2D eigenvalue weighted by Gasteiger charge is -2.16. The first-order chi connectivity index (χ1) is 6.45. The van der Waals surface area contributed by atoms with Gasteiger partial charge < -0.3 is 9.84 Å². The summed E-state index contributed by atoms with van der Waals surface area (Å²) in [4.78, 5) is 21.1. The van der Waals surface area contributed by atoms with E-state index in [1.54, 1.807) is 6.92 Å². The maximum Gasteiger partial charge on any atom is 0.317 e. The molecule has 14 heavy (non-hydrogen) atoms. The van der Waals surface area contributed by atoms with Crippen LogP contribution < -0.4 is 0 Å². The summed E-state index contributed by atoms with van der Waals surface area (Å²) in [6.45, 7) is 5.92. The molecule has 4 nitrogen and oxygen atoms in total. The molecule has 2 unspecified atom stereocenters. The summed E-state index contributed by atoms with van der Waals surface area (Å²) in [6, 6.07) is 0. The van der Waals surface area contributed by atoms with Crippen molar-refractivity contribution in [2.75, 3.05) is 0 Å². The highest BCUT2D eigenvalue weighted by Crippen LogP contribution is 2.12. The van der Waals surface area contributed by atoms with Crippen LogP contribution in [0.3, 0.4) is 0 Å². The predicted molar refractivity (Wildman–Crippen MR) is 51.9 cm³/mol. The van der Waals surface area contributed by atoms with Gasteiger partial charge in [-0.3, -0.25) is 9.59 Å². The Morgan fingerprint density at radius 2 is 1.93 bits per heavy atom. The van der Waals surface area contributed by atoms with Crippen LogP contribution in [-0.4, -0.2) is 23.1 Å². The van der Waals surface area contributed by atoms with Crippen molar-refractivity contribution in [3.8, 4) is 0 Å². The molecule has 0 aliphatic rings. The molecule has 4 heteroatoms. The molecule has 0 rings (SSSR count). The van der Waals surface area contributed by atoms with E-state index in [0.717, 1.165) is 12.8 Å². The van der Waals surface area contributed by atoms with Gasteiger partial charge in [-0.25, -0.2) is 0 Å². The largest absolute Gasteiger partial charge is 0.481 e. The third-order valence-electron chi connectivity index (χ3n) is 2.06. The Labute approximate surface area is 84.3 Å². The fourth-order valence-electron chi connectivity index (χ4n) is 1.17. The quantitative estimate of drug-likeness (QED) is 0.527. The highest BCUT2D eigenvalue weighted by molar-refractivity contribution is 5.90. The summed E-state index contributed by atoms with van der Waals surface area (Å²) >= 11 is 0. The van der Waals surface area contributed by atoms with Crippen LogP contribution in [0, 0.1) is 5.92 Å². The smallest absolute Gasteiger partial charge is 0.317 e. The summed E-state index contributed by atoms with van der Waals surface area (Å²) in [5.41, 5.74) is 0. The van der Waals surface area contributed by atoms with E-state index in [1.165, 1.54) is 0 Å². The van der Waals surface area contributed by atoms with Crippen LogP contribution in [0.15, 0.2) is 0 Å². The molecule has 0 aromatic heterocycles. The van der Waals surface area contributed by atoms with Gasteiger partial charge in [0.25, 0.3) is 0 Å². The number of hydrogen-bond acceptors (Lipinski definition) is 3. The molecule has 0 heterocycles. The Morgan fingerprint density at radius 1 is 1.36 bits per heavy atom. The normalized spacial score (nSPS) is 14.5. The molecule has 82 valence electrons. The van der Waals surface area contributed by atoms with E-state index in [0.29, 0.717) is 5.92 Å². The second-order valence-electron chi connectivity index (χ2n) is 3.62. The zero-order valence-corrected chi connectivity index (χ0v) is 8.95. The van der Waals surface area contributed by atoms with Crippen molar-refractivity contribution in [1.29, 1.82) is 0 Å². The molecule has 1 N–H and O–H groups in total. The van der Waals surface area contributed by atoms with Crippen LogP contribution in [-0.2, 0) is 14.3 Å². The van der Waals surface area contributed by atoms with Gasteiger partial charge in [-0.05, 0) is 19.3 Å². The van der Waals surface area contributed by atoms with Crippen molar-refractivity contribution in [1.82, 2.24) is 0 Å². The van der Waals surface area contributed by atoms with Crippen molar-refractivity contribution in [2.24, 2.45) is 5.92 Å². The minimum absolute atomic E-state index is 0.197. The van der Waals surface area contributed by atoms with Crippen molar-refractivity contribution in [2.45, 2.75) is 46.1 Å². The molecule has 0 radical (unpaired) electrons. The first-order valence-corrected chi connectivity index (χ1v) is 4.87. The Balaban J connectivity index is 3.76. The van der Waals surface area contributed by atoms with Gasteiger partial charge in [0.15, 0.2) is 0 Å². The number of aliphatic carboxylic acids is 1. The van der Waals surface area contributed by atoms with Gasteiger partial charge in [0.1, 0.15) is 6.42 Å². The van der Waals surface area contributed by atoms with Crippen molar-refractivity contribution in [3.63, 3.8) is 0 Å². The number of ether oxygens (including phenoxy) is 1. The molecule has 0 aliphatic carbocycles. The number of carboxylic acid groups (broad SMARTS) is 1. The molecule has 0 aliphatic heterocycles. The number of carbonyl (C=O) groups excluding carboxylic acids is 1. The number of hydrogen-bond donors (Lipinski definition) is 1. The molecule has 0 amide bonds.